The van der Waals surface area contributed by atoms with Gasteiger partial charge in [-0.15, -0.1) is 0 Å². The summed E-state index contributed by atoms with van der Waals surface area (Å²) < 4.78 is 0. The van der Waals surface area contributed by atoms with Gasteiger partial charge in [0.25, 0.3) is 0 Å². The molecular weight excluding hydrogens is 186 g/mol. The summed E-state index contributed by atoms with van der Waals surface area (Å²) in [6.45, 7) is 3.76. The number of unbranched alkanes of at least 4 members (excludes halogenated alkanes) is 1. The van der Waals surface area contributed by atoms with Crippen molar-refractivity contribution in [1.29, 1.82) is 0 Å². The van der Waals surface area contributed by atoms with Gasteiger partial charge in [-0.25, -0.2) is 4.99 Å². The number of hydrogen-bond acceptors (Lipinski definition) is 2. The van der Waals surface area contributed by atoms with Crippen LogP contribution in [-0.2, 0) is 0 Å². The van der Waals surface area contributed by atoms with Gasteiger partial charge in [0, 0.05) is 11.9 Å². The molecule has 0 atom stereocenters. The van der Waals surface area contributed by atoms with Crippen LogP contribution in [0.3, 0.4) is 0 Å². The number of nitrogens with two attached hydrogens (primary N) is 2. The van der Waals surface area contributed by atoms with E-state index in [2.05, 4.69) is 11.9 Å². The number of rotatable bonds is 4. The van der Waals surface area contributed by atoms with Crippen molar-refractivity contribution >= 4 is 17.4 Å². The first-order valence-corrected chi connectivity index (χ1v) is 4.57. The van der Waals surface area contributed by atoms with Crippen molar-refractivity contribution < 1.29 is 0 Å². The fourth-order valence-electron chi connectivity index (χ4n) is 0.630. The molecule has 0 amide bonds. The molecule has 0 heterocycles. The molecule has 0 aromatic heterocycles. The van der Waals surface area contributed by atoms with Gasteiger partial charge in [0.1, 0.15) is 0 Å². The van der Waals surface area contributed by atoms with Crippen molar-refractivity contribution in [3.05, 3.63) is 23.0 Å². The van der Waals surface area contributed by atoms with E-state index in [-0.39, 0.29) is 0 Å². The van der Waals surface area contributed by atoms with Gasteiger partial charge in [-0.05, 0) is 13.3 Å². The first kappa shape index (κ1) is 12.0. The topological polar surface area (TPSA) is 64.4 Å². The Morgan fingerprint density at radius 3 is 2.54 bits per heavy atom. The number of hydrogen-bond donors (Lipinski definition) is 2. The first-order valence-electron chi connectivity index (χ1n) is 4.19. The molecule has 0 aliphatic heterocycles. The largest absolute Gasteiger partial charge is 0.398 e. The Bertz CT molecular complexity index is 237. The molecule has 0 aromatic rings. The molecule has 74 valence electrons. The van der Waals surface area contributed by atoms with Crippen LogP contribution in [0, 0.1) is 0 Å². The number of allylic oxidation sites excluding steroid dienone is 2. The summed E-state index contributed by atoms with van der Waals surface area (Å²) in [5, 5.41) is 0.429. The molecule has 0 fully saturated rings. The second-order valence-corrected chi connectivity index (χ2v) is 3.10. The lowest BCUT2D eigenvalue weighted by atomic mass is 10.3. The Kier molecular flexibility index (Phi) is 6.06. The van der Waals surface area contributed by atoms with Gasteiger partial charge in [0.15, 0.2) is 0 Å². The van der Waals surface area contributed by atoms with Gasteiger partial charge in [0.05, 0.1) is 10.9 Å². The number of nitrogens with zero attached hydrogens (tertiary/aromatic N) is 1. The molecule has 4 N–H and O–H groups in total. The second-order valence-electron chi connectivity index (χ2n) is 2.70. The zero-order valence-electron chi connectivity index (χ0n) is 8.05. The predicted molar refractivity (Wildman–Crippen MR) is 58.4 cm³/mol. The first-order chi connectivity index (χ1) is 6.07. The lowest BCUT2D eigenvalue weighted by Gasteiger charge is -1.97. The Morgan fingerprint density at radius 1 is 1.46 bits per heavy atom. The lowest BCUT2D eigenvalue weighted by Crippen LogP contribution is -2.04. The SMILES string of the molecule is CCC/C=C(N)/C(Cl)=C\N=C(/C)N. The highest BCUT2D eigenvalue weighted by Crippen LogP contribution is 2.10. The molecule has 0 unspecified atom stereocenters. The Balaban J connectivity index is 4.32. The summed E-state index contributed by atoms with van der Waals surface area (Å²) in [5.41, 5.74) is 11.5. The van der Waals surface area contributed by atoms with Crippen molar-refractivity contribution in [1.82, 2.24) is 0 Å². The van der Waals surface area contributed by atoms with Crippen LogP contribution in [0.5, 0.6) is 0 Å². The molecule has 0 spiro atoms. The van der Waals surface area contributed by atoms with Gasteiger partial charge >= 0.3 is 0 Å². The van der Waals surface area contributed by atoms with E-state index < -0.39 is 0 Å². The summed E-state index contributed by atoms with van der Waals surface area (Å²) in [7, 11) is 0. The van der Waals surface area contributed by atoms with Crippen molar-refractivity contribution in [3.63, 3.8) is 0 Å². The summed E-state index contributed by atoms with van der Waals surface area (Å²) >= 11 is 5.82. The average molecular weight is 202 g/mol. The average Bonchev–Trinajstić information content (AvgIpc) is 2.10. The second kappa shape index (κ2) is 6.54. The fraction of sp³-hybridized carbons (Fsp3) is 0.444. The van der Waals surface area contributed by atoms with Gasteiger partial charge in [-0.2, -0.15) is 0 Å². The van der Waals surface area contributed by atoms with E-state index in [1.165, 1.54) is 6.20 Å². The van der Waals surface area contributed by atoms with Crippen LogP contribution in [0.15, 0.2) is 28.0 Å². The van der Waals surface area contributed by atoms with Gasteiger partial charge in [0.2, 0.25) is 0 Å². The molecule has 0 saturated carbocycles. The Hall–Kier alpha value is -0.960. The van der Waals surface area contributed by atoms with Gasteiger partial charge < -0.3 is 11.5 Å². The standard InChI is InChI=1S/C9H16ClN3/c1-3-4-5-9(12)8(10)6-13-7(2)11/h5-6H,3-4,12H2,1-2H3,(H2,11,13)/b8-6+,9-5-. The van der Waals surface area contributed by atoms with E-state index in [1.54, 1.807) is 6.92 Å². The van der Waals surface area contributed by atoms with Crippen LogP contribution < -0.4 is 11.5 Å². The van der Waals surface area contributed by atoms with Crippen LogP contribution in [0.25, 0.3) is 0 Å². The summed E-state index contributed by atoms with van der Waals surface area (Å²) in [6.07, 6.45) is 5.30. The molecule has 0 aromatic carbocycles. The molecule has 0 saturated heterocycles. The molecule has 13 heavy (non-hydrogen) atoms. The molecule has 0 aliphatic rings. The third-order valence-corrected chi connectivity index (χ3v) is 1.63. The van der Waals surface area contributed by atoms with E-state index in [0.717, 1.165) is 12.8 Å². The Labute approximate surface area is 84.2 Å². The number of halogens is 1. The van der Waals surface area contributed by atoms with Crippen LogP contribution >= 0.6 is 11.6 Å². The minimum absolute atomic E-state index is 0.429. The molecule has 0 aliphatic carbocycles. The Morgan fingerprint density at radius 2 is 2.08 bits per heavy atom. The van der Waals surface area contributed by atoms with E-state index in [0.29, 0.717) is 16.6 Å². The van der Waals surface area contributed by atoms with Crippen LogP contribution in [-0.4, -0.2) is 5.84 Å². The zero-order valence-corrected chi connectivity index (χ0v) is 8.80. The normalized spacial score (nSPS) is 14.8. The van der Waals surface area contributed by atoms with Crippen molar-refractivity contribution in [3.8, 4) is 0 Å². The van der Waals surface area contributed by atoms with E-state index in [4.69, 9.17) is 23.1 Å². The quantitative estimate of drug-likeness (QED) is 0.416. The molecule has 0 radical (unpaired) electrons. The lowest BCUT2D eigenvalue weighted by molar-refractivity contribution is 0.949. The predicted octanol–water partition coefficient (Wildman–Crippen LogP) is 2.09. The highest BCUT2D eigenvalue weighted by Gasteiger charge is 1.94. The minimum atomic E-state index is 0.429. The molecule has 4 heteroatoms. The van der Waals surface area contributed by atoms with Crippen molar-refractivity contribution in [2.75, 3.05) is 0 Å². The fourth-order valence-corrected chi connectivity index (χ4v) is 0.756. The molecular formula is C9H16ClN3. The summed E-state index contributed by atoms with van der Waals surface area (Å²) in [5.74, 6) is 0.460. The number of aliphatic imine (C=N–C) groups is 1. The van der Waals surface area contributed by atoms with Crippen LogP contribution in [0.4, 0.5) is 0 Å². The maximum absolute atomic E-state index is 5.82. The number of amidine groups is 1. The van der Waals surface area contributed by atoms with Gasteiger partial charge in [-0.1, -0.05) is 31.0 Å². The summed E-state index contributed by atoms with van der Waals surface area (Å²) in [4.78, 5) is 3.83. The maximum Gasteiger partial charge on any atom is 0.0958 e. The van der Waals surface area contributed by atoms with Crippen molar-refractivity contribution in [2.45, 2.75) is 26.7 Å². The highest BCUT2D eigenvalue weighted by atomic mass is 35.5. The van der Waals surface area contributed by atoms with E-state index in [9.17, 15) is 0 Å². The van der Waals surface area contributed by atoms with E-state index in [1.807, 2.05) is 6.08 Å². The highest BCUT2D eigenvalue weighted by molar-refractivity contribution is 6.31. The van der Waals surface area contributed by atoms with E-state index >= 15 is 0 Å². The monoisotopic (exact) mass is 201 g/mol. The smallest absolute Gasteiger partial charge is 0.0958 e. The maximum atomic E-state index is 5.82. The molecule has 0 rings (SSSR count). The van der Waals surface area contributed by atoms with Crippen molar-refractivity contribution in [2.24, 2.45) is 16.5 Å². The zero-order chi connectivity index (χ0) is 10.3. The minimum Gasteiger partial charge on any atom is -0.398 e. The third-order valence-electron chi connectivity index (χ3n) is 1.31. The van der Waals surface area contributed by atoms with Crippen LogP contribution in [0.2, 0.25) is 0 Å². The van der Waals surface area contributed by atoms with Crippen LogP contribution in [0.1, 0.15) is 26.7 Å². The van der Waals surface area contributed by atoms with Gasteiger partial charge in [-0.3, -0.25) is 0 Å². The molecule has 0 bridgehead atoms. The summed E-state index contributed by atoms with van der Waals surface area (Å²) in [6, 6.07) is 0. The molecule has 3 nitrogen and oxygen atoms in total. The third kappa shape index (κ3) is 6.22.